The van der Waals surface area contributed by atoms with Gasteiger partial charge in [-0.25, -0.2) is 9.78 Å². The Morgan fingerprint density at radius 1 is 1.20 bits per heavy atom. The number of aromatic amines is 1. The first-order chi connectivity index (χ1) is 14.3. The molecule has 0 unspecified atom stereocenters. The molecule has 3 amide bonds. The number of hydrogen-bond acceptors (Lipinski definition) is 7. The van der Waals surface area contributed by atoms with Crippen molar-refractivity contribution < 1.29 is 19.1 Å². The van der Waals surface area contributed by atoms with E-state index in [-0.39, 0.29) is 24.7 Å². The van der Waals surface area contributed by atoms with Gasteiger partial charge >= 0.3 is 6.03 Å². The second-order valence-electron chi connectivity index (χ2n) is 6.87. The minimum atomic E-state index is -0.524. The van der Waals surface area contributed by atoms with Gasteiger partial charge in [-0.3, -0.25) is 19.8 Å². The Kier molecular flexibility index (Phi) is 8.16. The van der Waals surface area contributed by atoms with E-state index in [1.165, 1.54) is 14.2 Å². The number of fused-ring (bicyclic) bond motifs is 1. The number of amides is 3. The summed E-state index contributed by atoms with van der Waals surface area (Å²) in [6, 6.07) is 2.66. The van der Waals surface area contributed by atoms with Crippen molar-refractivity contribution in [1.29, 1.82) is 0 Å². The highest BCUT2D eigenvalue weighted by atomic mass is 16.5. The fraction of sp³-hybridized carbons (Fsp3) is 0.500. The summed E-state index contributed by atoms with van der Waals surface area (Å²) >= 11 is 0. The molecule has 1 heterocycles. The summed E-state index contributed by atoms with van der Waals surface area (Å²) in [7, 11) is 3.00. The van der Waals surface area contributed by atoms with Crippen LogP contribution < -0.4 is 25.7 Å². The number of likely N-dealkylation sites (N-methyl/N-ethyl adjacent to an activating group) is 1. The third-order valence-electron chi connectivity index (χ3n) is 4.69. The van der Waals surface area contributed by atoms with Crippen molar-refractivity contribution in [2.45, 2.75) is 39.8 Å². The highest BCUT2D eigenvalue weighted by Crippen LogP contribution is 2.29. The SMILES string of the molecule is CC[C@@H](C)NC(=O)NC(=O)CN(CC)Cc1nc2cc(OC)c(OC)cc2c(=O)[nH]1. The van der Waals surface area contributed by atoms with Crippen LogP contribution in [-0.4, -0.2) is 60.2 Å². The van der Waals surface area contributed by atoms with Gasteiger partial charge in [-0.1, -0.05) is 13.8 Å². The normalized spacial score (nSPS) is 11.9. The minimum Gasteiger partial charge on any atom is -0.493 e. The Labute approximate surface area is 175 Å². The maximum absolute atomic E-state index is 12.5. The van der Waals surface area contributed by atoms with Crippen LogP contribution in [0.1, 0.15) is 33.0 Å². The monoisotopic (exact) mass is 419 g/mol. The number of carbonyl (C=O) groups is 2. The van der Waals surface area contributed by atoms with Crippen molar-refractivity contribution in [1.82, 2.24) is 25.5 Å². The van der Waals surface area contributed by atoms with E-state index in [0.717, 1.165) is 6.42 Å². The Morgan fingerprint density at radius 3 is 2.47 bits per heavy atom. The van der Waals surface area contributed by atoms with Gasteiger partial charge in [0, 0.05) is 12.1 Å². The second-order valence-corrected chi connectivity index (χ2v) is 6.87. The van der Waals surface area contributed by atoms with Crippen molar-refractivity contribution in [3.63, 3.8) is 0 Å². The van der Waals surface area contributed by atoms with Crippen LogP contribution in [0, 0.1) is 0 Å². The summed E-state index contributed by atoms with van der Waals surface area (Å²) in [5.74, 6) is 0.867. The van der Waals surface area contributed by atoms with E-state index in [0.29, 0.717) is 34.8 Å². The van der Waals surface area contributed by atoms with Gasteiger partial charge < -0.3 is 19.8 Å². The molecule has 3 N–H and O–H groups in total. The van der Waals surface area contributed by atoms with Crippen molar-refractivity contribution in [3.05, 3.63) is 28.3 Å². The van der Waals surface area contributed by atoms with Crippen LogP contribution in [-0.2, 0) is 11.3 Å². The molecule has 1 aromatic carbocycles. The lowest BCUT2D eigenvalue weighted by Gasteiger charge is -2.19. The number of methoxy groups -OCH3 is 2. The summed E-state index contributed by atoms with van der Waals surface area (Å²) in [5, 5.41) is 5.36. The summed E-state index contributed by atoms with van der Waals surface area (Å²) in [4.78, 5) is 45.5. The van der Waals surface area contributed by atoms with Crippen LogP contribution in [0.3, 0.4) is 0 Å². The Morgan fingerprint density at radius 2 is 1.87 bits per heavy atom. The molecule has 1 aromatic heterocycles. The molecule has 10 heteroatoms. The summed E-state index contributed by atoms with van der Waals surface area (Å²) in [6.07, 6.45) is 0.764. The lowest BCUT2D eigenvalue weighted by Crippen LogP contribution is -2.46. The van der Waals surface area contributed by atoms with Crippen LogP contribution >= 0.6 is 0 Å². The Bertz CT molecular complexity index is 958. The van der Waals surface area contributed by atoms with E-state index < -0.39 is 11.9 Å². The number of ether oxygens (including phenoxy) is 2. The first-order valence-electron chi connectivity index (χ1n) is 9.78. The van der Waals surface area contributed by atoms with Crippen molar-refractivity contribution in [2.24, 2.45) is 0 Å². The van der Waals surface area contributed by atoms with Gasteiger partial charge in [0.1, 0.15) is 5.82 Å². The maximum atomic E-state index is 12.5. The van der Waals surface area contributed by atoms with Crippen LogP contribution in [0.25, 0.3) is 10.9 Å². The lowest BCUT2D eigenvalue weighted by atomic mass is 10.2. The summed E-state index contributed by atoms with van der Waals surface area (Å²) < 4.78 is 10.5. The molecule has 0 saturated carbocycles. The molecule has 0 radical (unpaired) electrons. The zero-order chi connectivity index (χ0) is 22.3. The molecular weight excluding hydrogens is 390 g/mol. The quantitative estimate of drug-likeness (QED) is 0.561. The first-order valence-corrected chi connectivity index (χ1v) is 9.78. The number of benzene rings is 1. The highest BCUT2D eigenvalue weighted by Gasteiger charge is 2.16. The third kappa shape index (κ3) is 5.93. The van der Waals surface area contributed by atoms with Crippen LogP contribution in [0.2, 0.25) is 0 Å². The van der Waals surface area contributed by atoms with Gasteiger partial charge in [0.25, 0.3) is 5.56 Å². The lowest BCUT2D eigenvalue weighted by molar-refractivity contribution is -0.121. The molecule has 0 spiro atoms. The molecule has 2 rings (SSSR count). The number of nitrogens with zero attached hydrogens (tertiary/aromatic N) is 2. The smallest absolute Gasteiger partial charge is 0.321 e. The number of nitrogens with one attached hydrogen (secondary N) is 3. The number of rotatable bonds is 9. The van der Waals surface area contributed by atoms with E-state index >= 15 is 0 Å². The number of imide groups is 1. The largest absolute Gasteiger partial charge is 0.493 e. The predicted molar refractivity (Wildman–Crippen MR) is 113 cm³/mol. The van der Waals surface area contributed by atoms with Gasteiger partial charge in [-0.2, -0.15) is 0 Å². The van der Waals surface area contributed by atoms with E-state index in [1.54, 1.807) is 17.0 Å². The summed E-state index contributed by atoms with van der Waals surface area (Å²) in [6.45, 7) is 6.41. The number of aromatic nitrogens is 2. The van der Waals surface area contributed by atoms with Crippen LogP contribution in [0.4, 0.5) is 4.79 Å². The van der Waals surface area contributed by atoms with Crippen molar-refractivity contribution in [3.8, 4) is 11.5 Å². The molecule has 10 nitrogen and oxygen atoms in total. The highest BCUT2D eigenvalue weighted by molar-refractivity contribution is 5.95. The predicted octanol–water partition coefficient (Wildman–Crippen LogP) is 1.39. The van der Waals surface area contributed by atoms with Gasteiger partial charge in [-0.05, 0) is 26.0 Å². The molecule has 0 bridgehead atoms. The molecule has 30 heavy (non-hydrogen) atoms. The third-order valence-corrected chi connectivity index (χ3v) is 4.69. The topological polar surface area (TPSA) is 126 Å². The van der Waals surface area contributed by atoms with Gasteiger partial charge in [-0.15, -0.1) is 0 Å². The maximum Gasteiger partial charge on any atom is 0.321 e. The number of hydrogen-bond donors (Lipinski definition) is 3. The minimum absolute atomic E-state index is 0.0158. The summed E-state index contributed by atoms with van der Waals surface area (Å²) in [5.41, 5.74) is 0.143. The number of H-pyrrole nitrogens is 1. The number of carbonyl (C=O) groups excluding carboxylic acids is 2. The molecule has 0 aliphatic heterocycles. The fourth-order valence-corrected chi connectivity index (χ4v) is 2.81. The average Bonchev–Trinajstić information content (AvgIpc) is 2.71. The molecule has 0 fully saturated rings. The zero-order valence-corrected chi connectivity index (χ0v) is 18.0. The van der Waals surface area contributed by atoms with Crippen LogP contribution in [0.5, 0.6) is 11.5 Å². The van der Waals surface area contributed by atoms with E-state index in [2.05, 4.69) is 20.6 Å². The molecule has 2 aromatic rings. The second kappa shape index (κ2) is 10.6. The molecule has 164 valence electrons. The Hall–Kier alpha value is -3.14. The molecule has 1 atom stereocenters. The molecule has 0 aliphatic carbocycles. The van der Waals surface area contributed by atoms with Gasteiger partial charge in [0.05, 0.1) is 38.2 Å². The van der Waals surface area contributed by atoms with Crippen LogP contribution in [0.15, 0.2) is 16.9 Å². The van der Waals surface area contributed by atoms with Crippen molar-refractivity contribution >= 4 is 22.8 Å². The van der Waals surface area contributed by atoms with E-state index in [9.17, 15) is 14.4 Å². The zero-order valence-electron chi connectivity index (χ0n) is 18.0. The van der Waals surface area contributed by atoms with Gasteiger partial charge in [0.15, 0.2) is 11.5 Å². The van der Waals surface area contributed by atoms with E-state index in [4.69, 9.17) is 9.47 Å². The fourth-order valence-electron chi connectivity index (χ4n) is 2.81. The standard InChI is InChI=1S/C20H29N5O5/c1-6-12(3)21-20(28)24-18(26)11-25(7-2)10-17-22-14-9-16(30-5)15(29-4)8-13(14)19(27)23-17/h8-9,12H,6-7,10-11H2,1-5H3,(H,22,23,27)(H2,21,24,26,28)/t12-/m1/s1. The van der Waals surface area contributed by atoms with Gasteiger partial charge in [0.2, 0.25) is 5.91 Å². The molecular formula is C20H29N5O5. The molecule has 0 aliphatic rings. The average molecular weight is 419 g/mol. The first kappa shape index (κ1) is 23.1. The number of urea groups is 1. The Balaban J connectivity index is 2.13. The van der Waals surface area contributed by atoms with Crippen molar-refractivity contribution in [2.75, 3.05) is 27.3 Å². The van der Waals surface area contributed by atoms with E-state index in [1.807, 2.05) is 20.8 Å². The molecule has 0 saturated heterocycles.